The molecule has 0 fully saturated rings. The van der Waals surface area contributed by atoms with Crippen LogP contribution in [-0.2, 0) is 4.79 Å². The van der Waals surface area contributed by atoms with Gasteiger partial charge in [0, 0.05) is 6.20 Å². The van der Waals surface area contributed by atoms with Crippen LogP contribution >= 0.6 is 11.8 Å². The molecule has 1 aromatic rings. The van der Waals surface area contributed by atoms with Crippen LogP contribution in [0.15, 0.2) is 12.4 Å². The number of aromatic amines is 1. The van der Waals surface area contributed by atoms with Crippen LogP contribution in [0.3, 0.4) is 0 Å². The van der Waals surface area contributed by atoms with Gasteiger partial charge >= 0.3 is 0 Å². The van der Waals surface area contributed by atoms with Gasteiger partial charge in [-0.25, -0.2) is 0 Å². The van der Waals surface area contributed by atoms with Gasteiger partial charge in [-0.05, 0) is 11.7 Å². The highest BCUT2D eigenvalue weighted by Crippen LogP contribution is 2.08. The maximum absolute atomic E-state index is 11.3. The average molecular weight is 213 g/mol. The number of aromatic nitrogens is 2. The summed E-state index contributed by atoms with van der Waals surface area (Å²) in [6.45, 7) is 4.28. The molecule has 1 rings (SSSR count). The van der Waals surface area contributed by atoms with E-state index in [1.165, 1.54) is 0 Å². The fourth-order valence-corrected chi connectivity index (χ4v) is 1.75. The topological polar surface area (TPSA) is 57.8 Å². The standard InChI is InChI=1S/C9H15N3OS/c1-7(2)5-14-6-9(13)12-8-3-10-11-4-8/h3-4,7H,5-6H2,1-2H3,(H,10,11)(H,12,13). The van der Waals surface area contributed by atoms with Gasteiger partial charge in [0.2, 0.25) is 5.91 Å². The first kappa shape index (κ1) is 11.1. The smallest absolute Gasteiger partial charge is 0.234 e. The zero-order valence-corrected chi connectivity index (χ0v) is 9.23. The van der Waals surface area contributed by atoms with Crippen molar-refractivity contribution in [2.24, 2.45) is 5.92 Å². The molecule has 0 aliphatic rings. The van der Waals surface area contributed by atoms with Crippen molar-refractivity contribution >= 4 is 23.4 Å². The number of anilines is 1. The molecule has 0 radical (unpaired) electrons. The van der Waals surface area contributed by atoms with E-state index in [4.69, 9.17) is 0 Å². The maximum atomic E-state index is 11.3. The molecule has 5 heteroatoms. The minimum Gasteiger partial charge on any atom is -0.323 e. The van der Waals surface area contributed by atoms with Gasteiger partial charge in [-0.15, -0.1) is 0 Å². The number of rotatable bonds is 5. The predicted octanol–water partition coefficient (Wildman–Crippen LogP) is 1.74. The van der Waals surface area contributed by atoms with Crippen LogP contribution in [0.4, 0.5) is 5.69 Å². The maximum Gasteiger partial charge on any atom is 0.234 e. The van der Waals surface area contributed by atoms with Gasteiger partial charge < -0.3 is 5.32 Å². The summed E-state index contributed by atoms with van der Waals surface area (Å²) in [5.74, 6) is 2.17. The van der Waals surface area contributed by atoms with Crippen LogP contribution in [-0.4, -0.2) is 27.6 Å². The Morgan fingerprint density at radius 3 is 3.07 bits per heavy atom. The zero-order valence-electron chi connectivity index (χ0n) is 8.41. The largest absolute Gasteiger partial charge is 0.323 e. The van der Waals surface area contributed by atoms with Crippen molar-refractivity contribution in [1.82, 2.24) is 10.2 Å². The Morgan fingerprint density at radius 1 is 1.71 bits per heavy atom. The zero-order chi connectivity index (χ0) is 10.4. The number of nitrogens with one attached hydrogen (secondary N) is 2. The van der Waals surface area contributed by atoms with E-state index >= 15 is 0 Å². The monoisotopic (exact) mass is 213 g/mol. The average Bonchev–Trinajstić information content (AvgIpc) is 2.56. The third kappa shape index (κ3) is 4.32. The lowest BCUT2D eigenvalue weighted by Gasteiger charge is -2.04. The molecule has 0 atom stereocenters. The molecule has 1 amide bonds. The van der Waals surface area contributed by atoms with Crippen molar-refractivity contribution in [2.75, 3.05) is 16.8 Å². The second kappa shape index (κ2) is 5.70. The number of H-pyrrole nitrogens is 1. The van der Waals surface area contributed by atoms with Crippen molar-refractivity contribution in [3.05, 3.63) is 12.4 Å². The number of hydrogen-bond donors (Lipinski definition) is 2. The van der Waals surface area contributed by atoms with Crippen molar-refractivity contribution in [3.63, 3.8) is 0 Å². The van der Waals surface area contributed by atoms with Crippen LogP contribution in [0.1, 0.15) is 13.8 Å². The summed E-state index contributed by atoms with van der Waals surface area (Å²) in [5.41, 5.74) is 0.722. The van der Waals surface area contributed by atoms with Crippen LogP contribution in [0.2, 0.25) is 0 Å². The molecule has 1 heterocycles. The Morgan fingerprint density at radius 2 is 2.50 bits per heavy atom. The molecular formula is C9H15N3OS. The molecule has 0 saturated carbocycles. The molecule has 4 nitrogen and oxygen atoms in total. The lowest BCUT2D eigenvalue weighted by Crippen LogP contribution is -2.14. The third-order valence-corrected chi connectivity index (χ3v) is 2.84. The van der Waals surface area contributed by atoms with Crippen LogP contribution < -0.4 is 5.32 Å². The summed E-state index contributed by atoms with van der Waals surface area (Å²) < 4.78 is 0. The molecule has 1 aromatic heterocycles. The Bertz CT molecular complexity index is 272. The summed E-state index contributed by atoms with van der Waals surface area (Å²) in [6.07, 6.45) is 3.25. The highest BCUT2D eigenvalue weighted by atomic mass is 32.2. The van der Waals surface area contributed by atoms with E-state index in [0.717, 1.165) is 11.4 Å². The third-order valence-electron chi connectivity index (χ3n) is 1.47. The highest BCUT2D eigenvalue weighted by molar-refractivity contribution is 7.99. The summed E-state index contributed by atoms with van der Waals surface area (Å²) >= 11 is 1.65. The van der Waals surface area contributed by atoms with E-state index in [2.05, 4.69) is 29.4 Å². The molecule has 0 saturated heterocycles. The number of nitrogens with zero attached hydrogens (tertiary/aromatic N) is 1. The van der Waals surface area contributed by atoms with Gasteiger partial charge in [0.15, 0.2) is 0 Å². The molecule has 78 valence electrons. The Balaban J connectivity index is 2.17. The Labute approximate surface area is 87.9 Å². The fourth-order valence-electron chi connectivity index (χ4n) is 0.904. The molecule has 0 aliphatic carbocycles. The number of carbonyl (C=O) groups is 1. The van der Waals surface area contributed by atoms with E-state index in [1.807, 2.05) is 0 Å². The lowest BCUT2D eigenvalue weighted by molar-refractivity contribution is -0.113. The molecule has 0 aliphatic heterocycles. The Hall–Kier alpha value is -0.970. The van der Waals surface area contributed by atoms with Crippen molar-refractivity contribution in [2.45, 2.75) is 13.8 Å². The highest BCUT2D eigenvalue weighted by Gasteiger charge is 2.03. The van der Waals surface area contributed by atoms with E-state index in [0.29, 0.717) is 11.7 Å². The van der Waals surface area contributed by atoms with Crippen molar-refractivity contribution in [1.29, 1.82) is 0 Å². The molecule has 0 spiro atoms. The lowest BCUT2D eigenvalue weighted by atomic mass is 10.3. The van der Waals surface area contributed by atoms with Gasteiger partial charge in [0.05, 0.1) is 17.6 Å². The minimum absolute atomic E-state index is 0.0250. The molecule has 0 bridgehead atoms. The fraction of sp³-hybridized carbons (Fsp3) is 0.556. The van der Waals surface area contributed by atoms with E-state index < -0.39 is 0 Å². The molecule has 14 heavy (non-hydrogen) atoms. The quantitative estimate of drug-likeness (QED) is 0.783. The summed E-state index contributed by atoms with van der Waals surface area (Å²) in [7, 11) is 0. The summed E-state index contributed by atoms with van der Waals surface area (Å²) in [6, 6.07) is 0. The predicted molar refractivity (Wildman–Crippen MR) is 59.4 cm³/mol. The normalized spacial score (nSPS) is 10.5. The van der Waals surface area contributed by atoms with E-state index in [1.54, 1.807) is 24.2 Å². The second-order valence-electron chi connectivity index (χ2n) is 3.44. The first-order chi connectivity index (χ1) is 6.68. The van der Waals surface area contributed by atoms with Gasteiger partial charge in [0.25, 0.3) is 0 Å². The molecule has 0 aromatic carbocycles. The first-order valence-electron chi connectivity index (χ1n) is 4.55. The van der Waals surface area contributed by atoms with Crippen molar-refractivity contribution < 1.29 is 4.79 Å². The number of carbonyl (C=O) groups excluding carboxylic acids is 1. The first-order valence-corrected chi connectivity index (χ1v) is 5.70. The van der Waals surface area contributed by atoms with Gasteiger partial charge in [-0.3, -0.25) is 9.89 Å². The van der Waals surface area contributed by atoms with Gasteiger partial charge in [0.1, 0.15) is 0 Å². The second-order valence-corrected chi connectivity index (χ2v) is 4.47. The van der Waals surface area contributed by atoms with Crippen LogP contribution in [0.25, 0.3) is 0 Å². The van der Waals surface area contributed by atoms with Gasteiger partial charge in [-0.1, -0.05) is 13.8 Å². The summed E-state index contributed by atoms with van der Waals surface area (Å²) in [4.78, 5) is 11.3. The van der Waals surface area contributed by atoms with Crippen LogP contribution in [0.5, 0.6) is 0 Å². The van der Waals surface area contributed by atoms with Gasteiger partial charge in [-0.2, -0.15) is 16.9 Å². The number of hydrogen-bond acceptors (Lipinski definition) is 3. The molecular weight excluding hydrogens is 198 g/mol. The minimum atomic E-state index is 0.0250. The SMILES string of the molecule is CC(C)CSCC(=O)Nc1cn[nH]c1. The van der Waals surface area contributed by atoms with E-state index in [-0.39, 0.29) is 5.91 Å². The number of thioether (sulfide) groups is 1. The molecule has 2 N–H and O–H groups in total. The van der Waals surface area contributed by atoms with Crippen LogP contribution in [0, 0.1) is 5.92 Å². The van der Waals surface area contributed by atoms with Crippen molar-refractivity contribution in [3.8, 4) is 0 Å². The van der Waals surface area contributed by atoms with E-state index in [9.17, 15) is 4.79 Å². The Kier molecular flexibility index (Phi) is 4.52. The molecule has 0 unspecified atom stereocenters. The summed E-state index contributed by atoms with van der Waals surface area (Å²) in [5, 5.41) is 9.12. The number of amides is 1.